The number of carbonyl (C=O) groups is 1. The van der Waals surface area contributed by atoms with Gasteiger partial charge in [-0.25, -0.2) is 17.7 Å². The Morgan fingerprint density at radius 2 is 2.04 bits per heavy atom. The highest BCUT2D eigenvalue weighted by atomic mass is 35.5. The van der Waals surface area contributed by atoms with Crippen molar-refractivity contribution < 1.29 is 17.9 Å². The first-order chi connectivity index (χ1) is 12.3. The van der Waals surface area contributed by atoms with Crippen LogP contribution in [0.15, 0.2) is 29.6 Å². The Balaban J connectivity index is 1.54. The minimum atomic E-state index is -3.20. The predicted molar refractivity (Wildman–Crippen MR) is 101 cm³/mol. The third kappa shape index (κ3) is 4.62. The molecule has 0 atom stereocenters. The maximum Gasteiger partial charge on any atom is 0.309 e. The molecule has 0 radical (unpaired) electrons. The zero-order chi connectivity index (χ0) is 18.7. The quantitative estimate of drug-likeness (QED) is 0.702. The molecule has 140 valence electrons. The molecule has 6 nitrogen and oxygen atoms in total. The van der Waals surface area contributed by atoms with Gasteiger partial charge >= 0.3 is 5.97 Å². The average molecular weight is 415 g/mol. The van der Waals surface area contributed by atoms with Crippen LogP contribution in [-0.4, -0.2) is 43.0 Å². The highest BCUT2D eigenvalue weighted by molar-refractivity contribution is 7.88. The molecule has 0 unspecified atom stereocenters. The normalized spacial score (nSPS) is 16.5. The van der Waals surface area contributed by atoms with Crippen molar-refractivity contribution in [1.82, 2.24) is 9.29 Å². The Hall–Kier alpha value is -1.48. The maximum absolute atomic E-state index is 12.2. The summed E-state index contributed by atoms with van der Waals surface area (Å²) < 4.78 is 29.8. The van der Waals surface area contributed by atoms with E-state index in [1.807, 2.05) is 23.6 Å². The minimum absolute atomic E-state index is 0.103. The molecule has 1 aliphatic rings. The Morgan fingerprint density at radius 1 is 1.35 bits per heavy atom. The number of thiazole rings is 1. The van der Waals surface area contributed by atoms with E-state index in [1.54, 1.807) is 6.07 Å². The topological polar surface area (TPSA) is 76.6 Å². The van der Waals surface area contributed by atoms with Gasteiger partial charge in [0.15, 0.2) is 0 Å². The second-order valence-corrected chi connectivity index (χ2v) is 9.42. The van der Waals surface area contributed by atoms with E-state index in [1.165, 1.54) is 21.9 Å². The second-order valence-electron chi connectivity index (χ2n) is 6.17. The van der Waals surface area contributed by atoms with Crippen molar-refractivity contribution in [3.8, 4) is 10.6 Å². The summed E-state index contributed by atoms with van der Waals surface area (Å²) in [6.45, 7) is 0.810. The molecule has 26 heavy (non-hydrogen) atoms. The van der Waals surface area contributed by atoms with Crippen LogP contribution < -0.4 is 0 Å². The smallest absolute Gasteiger partial charge is 0.309 e. The van der Waals surface area contributed by atoms with E-state index < -0.39 is 10.0 Å². The number of esters is 1. The van der Waals surface area contributed by atoms with Gasteiger partial charge in [0.2, 0.25) is 10.0 Å². The number of rotatable bonds is 5. The molecule has 2 heterocycles. The number of nitrogens with zero attached hydrogens (tertiary/aromatic N) is 2. The highest BCUT2D eigenvalue weighted by Crippen LogP contribution is 2.30. The number of benzene rings is 1. The monoisotopic (exact) mass is 414 g/mol. The lowest BCUT2D eigenvalue weighted by Crippen LogP contribution is -2.40. The lowest BCUT2D eigenvalue weighted by molar-refractivity contribution is -0.151. The highest BCUT2D eigenvalue weighted by Gasteiger charge is 2.29. The van der Waals surface area contributed by atoms with Gasteiger partial charge in [-0.15, -0.1) is 11.3 Å². The summed E-state index contributed by atoms with van der Waals surface area (Å²) in [5, 5.41) is 3.25. The van der Waals surface area contributed by atoms with Crippen LogP contribution >= 0.6 is 22.9 Å². The first-order valence-corrected chi connectivity index (χ1v) is 11.3. The molecule has 1 saturated heterocycles. The molecule has 0 N–H and O–H groups in total. The molecule has 1 aromatic carbocycles. The molecule has 0 saturated carbocycles. The van der Waals surface area contributed by atoms with Crippen LogP contribution in [0.5, 0.6) is 0 Å². The Morgan fingerprint density at radius 3 is 2.69 bits per heavy atom. The van der Waals surface area contributed by atoms with Crippen molar-refractivity contribution in [3.05, 3.63) is 40.4 Å². The number of halogens is 1. The third-order valence-electron chi connectivity index (χ3n) is 4.27. The van der Waals surface area contributed by atoms with Gasteiger partial charge in [-0.1, -0.05) is 29.8 Å². The van der Waals surface area contributed by atoms with Crippen LogP contribution in [0.3, 0.4) is 0 Å². The fourth-order valence-electron chi connectivity index (χ4n) is 2.82. The van der Waals surface area contributed by atoms with E-state index in [-0.39, 0.29) is 18.5 Å². The van der Waals surface area contributed by atoms with E-state index in [4.69, 9.17) is 16.3 Å². The zero-order valence-corrected chi connectivity index (χ0v) is 16.6. The van der Waals surface area contributed by atoms with Gasteiger partial charge in [0, 0.05) is 24.0 Å². The predicted octanol–water partition coefficient (Wildman–Crippen LogP) is 3.18. The maximum atomic E-state index is 12.2. The molecule has 0 bridgehead atoms. The molecule has 0 aliphatic carbocycles. The van der Waals surface area contributed by atoms with Gasteiger partial charge in [0.1, 0.15) is 11.6 Å². The van der Waals surface area contributed by atoms with Crippen molar-refractivity contribution in [1.29, 1.82) is 0 Å². The standard InChI is InChI=1S/C17H19ClN2O4S2/c1-26(22,23)20-8-6-12(7-9-20)17(21)24-10-13-11-25-16(19-13)14-4-2-3-5-15(14)18/h2-5,11-12H,6-10H2,1H3. The summed E-state index contributed by atoms with van der Waals surface area (Å²) in [6, 6.07) is 7.45. The lowest BCUT2D eigenvalue weighted by atomic mass is 9.98. The van der Waals surface area contributed by atoms with Gasteiger partial charge in [-0.05, 0) is 18.9 Å². The van der Waals surface area contributed by atoms with Crippen molar-refractivity contribution in [3.63, 3.8) is 0 Å². The Bertz CT molecular complexity index is 890. The first kappa shape index (κ1) is 19.3. The van der Waals surface area contributed by atoms with E-state index in [9.17, 15) is 13.2 Å². The largest absolute Gasteiger partial charge is 0.459 e. The third-order valence-corrected chi connectivity index (χ3v) is 6.83. The van der Waals surface area contributed by atoms with Crippen molar-refractivity contribution in [2.45, 2.75) is 19.4 Å². The summed E-state index contributed by atoms with van der Waals surface area (Å²) >= 11 is 7.62. The Labute approximate surface area is 161 Å². The van der Waals surface area contributed by atoms with Gasteiger partial charge < -0.3 is 4.74 Å². The molecule has 0 amide bonds. The first-order valence-electron chi connectivity index (χ1n) is 8.15. The molecule has 1 fully saturated rings. The molecular weight excluding hydrogens is 396 g/mol. The summed E-state index contributed by atoms with van der Waals surface area (Å²) in [4.78, 5) is 16.7. The van der Waals surface area contributed by atoms with E-state index in [0.29, 0.717) is 36.6 Å². The summed E-state index contributed by atoms with van der Waals surface area (Å²) in [6.07, 6.45) is 2.14. The van der Waals surface area contributed by atoms with Crippen molar-refractivity contribution in [2.24, 2.45) is 5.92 Å². The molecule has 9 heteroatoms. The SMILES string of the molecule is CS(=O)(=O)N1CCC(C(=O)OCc2csc(-c3ccccc3Cl)n2)CC1. The van der Waals surface area contributed by atoms with Crippen LogP contribution in [0.4, 0.5) is 0 Å². The number of sulfonamides is 1. The van der Waals surface area contributed by atoms with Gasteiger partial charge in [-0.2, -0.15) is 0 Å². The number of hydrogen-bond donors (Lipinski definition) is 0. The summed E-state index contributed by atoms with van der Waals surface area (Å²) in [7, 11) is -3.20. The molecule has 3 rings (SSSR count). The van der Waals surface area contributed by atoms with Crippen molar-refractivity contribution in [2.75, 3.05) is 19.3 Å². The fourth-order valence-corrected chi connectivity index (χ4v) is 4.82. The van der Waals surface area contributed by atoms with Gasteiger partial charge in [0.25, 0.3) is 0 Å². The molecule has 2 aromatic rings. The summed E-state index contributed by atoms with van der Waals surface area (Å²) in [5.74, 6) is -0.569. The number of aromatic nitrogens is 1. The molecular formula is C17H19ClN2O4S2. The minimum Gasteiger partial charge on any atom is -0.459 e. The second kappa shape index (κ2) is 8.04. The van der Waals surface area contributed by atoms with Crippen LogP contribution in [-0.2, 0) is 26.2 Å². The molecule has 1 aliphatic heterocycles. The van der Waals surface area contributed by atoms with Gasteiger partial charge in [-0.3, -0.25) is 4.79 Å². The summed E-state index contributed by atoms with van der Waals surface area (Å²) in [5.41, 5.74) is 1.52. The number of ether oxygens (including phenoxy) is 1. The number of carbonyl (C=O) groups excluding carboxylic acids is 1. The Kier molecular flexibility index (Phi) is 5.96. The van der Waals surface area contributed by atoms with Crippen LogP contribution in [0.1, 0.15) is 18.5 Å². The van der Waals surface area contributed by atoms with E-state index in [2.05, 4.69) is 4.98 Å². The van der Waals surface area contributed by atoms with Crippen molar-refractivity contribution >= 4 is 38.9 Å². The van der Waals surface area contributed by atoms with E-state index >= 15 is 0 Å². The van der Waals surface area contributed by atoms with E-state index in [0.717, 1.165) is 10.6 Å². The number of hydrogen-bond acceptors (Lipinski definition) is 6. The van der Waals surface area contributed by atoms with Crippen LogP contribution in [0.25, 0.3) is 10.6 Å². The number of piperidine rings is 1. The average Bonchev–Trinajstić information content (AvgIpc) is 3.08. The molecule has 1 aromatic heterocycles. The van der Waals surface area contributed by atoms with Gasteiger partial charge in [0.05, 0.1) is 22.9 Å². The lowest BCUT2D eigenvalue weighted by Gasteiger charge is -2.28. The zero-order valence-electron chi connectivity index (χ0n) is 14.2. The molecule has 0 spiro atoms. The van der Waals surface area contributed by atoms with Crippen LogP contribution in [0.2, 0.25) is 5.02 Å². The fraction of sp³-hybridized carbons (Fsp3) is 0.412. The van der Waals surface area contributed by atoms with Crippen LogP contribution in [0, 0.1) is 5.92 Å².